The summed E-state index contributed by atoms with van der Waals surface area (Å²) in [7, 11) is 1.81. The van der Waals surface area contributed by atoms with E-state index in [-0.39, 0.29) is 6.03 Å². The Bertz CT molecular complexity index is 188. The van der Waals surface area contributed by atoms with Crippen LogP contribution in [0, 0.1) is 0 Å². The molecule has 0 bridgehead atoms. The van der Waals surface area contributed by atoms with E-state index in [0.717, 1.165) is 25.9 Å². The number of rotatable bonds is 2. The highest BCUT2D eigenvalue weighted by Crippen LogP contribution is 2.07. The summed E-state index contributed by atoms with van der Waals surface area (Å²) in [5.74, 6) is 0. The average Bonchev–Trinajstić information content (AvgIpc) is 2.20. The number of nitrogens with one attached hydrogen (secondary N) is 2. The number of carbonyl (C=O) groups excluding carboxylic acids is 1. The van der Waals surface area contributed by atoms with Crippen LogP contribution >= 0.6 is 0 Å². The Morgan fingerprint density at radius 1 is 1.57 bits per heavy atom. The van der Waals surface area contributed by atoms with Gasteiger partial charge in [-0.3, -0.25) is 0 Å². The van der Waals surface area contributed by atoms with Gasteiger partial charge in [-0.15, -0.1) is 0 Å². The first-order chi connectivity index (χ1) is 6.63. The fraction of sp³-hybridized carbons (Fsp3) is 0.900. The van der Waals surface area contributed by atoms with Crippen LogP contribution in [0.2, 0.25) is 0 Å². The van der Waals surface area contributed by atoms with Gasteiger partial charge in [-0.1, -0.05) is 0 Å². The number of amides is 2. The van der Waals surface area contributed by atoms with Crippen molar-refractivity contribution in [2.75, 3.05) is 20.1 Å². The zero-order valence-electron chi connectivity index (χ0n) is 9.34. The fourth-order valence-corrected chi connectivity index (χ4v) is 1.55. The molecule has 1 saturated heterocycles. The maximum absolute atomic E-state index is 11.5. The van der Waals surface area contributed by atoms with Gasteiger partial charge in [0.15, 0.2) is 0 Å². The second-order valence-electron chi connectivity index (χ2n) is 4.05. The number of hydrogen-bond donors (Lipinski definition) is 2. The highest BCUT2D eigenvalue weighted by atomic mass is 16.2. The molecule has 2 unspecified atom stereocenters. The summed E-state index contributed by atoms with van der Waals surface area (Å²) >= 11 is 0. The number of hydrogen-bond acceptors (Lipinski definition) is 2. The normalized spacial score (nSPS) is 27.1. The lowest BCUT2D eigenvalue weighted by atomic mass is 10.0. The van der Waals surface area contributed by atoms with E-state index in [1.807, 2.05) is 14.0 Å². The van der Waals surface area contributed by atoms with E-state index in [4.69, 9.17) is 0 Å². The second-order valence-corrected chi connectivity index (χ2v) is 4.05. The van der Waals surface area contributed by atoms with Crippen molar-refractivity contribution in [3.8, 4) is 0 Å². The summed E-state index contributed by atoms with van der Waals surface area (Å²) < 4.78 is 0. The molecule has 0 radical (unpaired) electrons. The number of urea groups is 1. The number of nitrogens with zero attached hydrogens (tertiary/aromatic N) is 1. The van der Waals surface area contributed by atoms with Gasteiger partial charge in [-0.25, -0.2) is 4.79 Å². The van der Waals surface area contributed by atoms with Crippen LogP contribution < -0.4 is 10.6 Å². The zero-order chi connectivity index (χ0) is 10.6. The first-order valence-electron chi connectivity index (χ1n) is 5.38. The lowest BCUT2D eigenvalue weighted by molar-refractivity contribution is 0.202. The Hall–Kier alpha value is -0.770. The summed E-state index contributed by atoms with van der Waals surface area (Å²) in [6, 6.07) is 0.925. The van der Waals surface area contributed by atoms with Crippen LogP contribution in [0.25, 0.3) is 0 Å². The molecule has 2 N–H and O–H groups in total. The summed E-state index contributed by atoms with van der Waals surface area (Å²) in [6.45, 7) is 5.80. The number of carbonyl (C=O) groups is 1. The second kappa shape index (κ2) is 5.20. The van der Waals surface area contributed by atoms with Crippen LogP contribution in [0.3, 0.4) is 0 Å². The van der Waals surface area contributed by atoms with Gasteiger partial charge in [0.2, 0.25) is 0 Å². The largest absolute Gasteiger partial charge is 0.334 e. The van der Waals surface area contributed by atoms with E-state index < -0.39 is 0 Å². The third-order valence-electron chi connectivity index (χ3n) is 2.81. The Morgan fingerprint density at radius 2 is 2.29 bits per heavy atom. The molecule has 0 aromatic heterocycles. The summed E-state index contributed by atoms with van der Waals surface area (Å²) in [5.41, 5.74) is 0. The first-order valence-corrected chi connectivity index (χ1v) is 5.38. The van der Waals surface area contributed by atoms with Gasteiger partial charge in [-0.05, 0) is 26.7 Å². The van der Waals surface area contributed by atoms with Gasteiger partial charge in [0.1, 0.15) is 0 Å². The predicted molar refractivity (Wildman–Crippen MR) is 57.3 cm³/mol. The van der Waals surface area contributed by atoms with Crippen molar-refractivity contribution in [3.05, 3.63) is 0 Å². The first kappa shape index (κ1) is 11.3. The van der Waals surface area contributed by atoms with Crippen LogP contribution in [0.5, 0.6) is 0 Å². The van der Waals surface area contributed by atoms with Gasteiger partial charge in [0, 0.05) is 32.2 Å². The molecule has 0 spiro atoms. The van der Waals surface area contributed by atoms with Crippen LogP contribution in [0.15, 0.2) is 0 Å². The third-order valence-corrected chi connectivity index (χ3v) is 2.81. The standard InChI is InChI=1S/C10H21N3O/c1-4-13(3)10(14)12-9-6-5-8(2)11-7-9/h8-9,11H,4-7H2,1-3H3,(H,12,14). The predicted octanol–water partition coefficient (Wildman–Crippen LogP) is 0.788. The average molecular weight is 199 g/mol. The molecule has 1 aliphatic heterocycles. The van der Waals surface area contributed by atoms with Gasteiger partial charge in [0.05, 0.1) is 0 Å². The molecule has 0 saturated carbocycles. The molecular weight excluding hydrogens is 178 g/mol. The Morgan fingerprint density at radius 3 is 2.79 bits per heavy atom. The van der Waals surface area contributed by atoms with Crippen molar-refractivity contribution >= 4 is 6.03 Å². The Labute approximate surface area is 86.0 Å². The van der Waals surface area contributed by atoms with Crippen LogP contribution in [-0.2, 0) is 0 Å². The molecule has 1 rings (SSSR count). The molecule has 1 heterocycles. The molecule has 0 aromatic rings. The molecule has 4 nitrogen and oxygen atoms in total. The minimum absolute atomic E-state index is 0.0360. The lowest BCUT2D eigenvalue weighted by Gasteiger charge is -2.29. The van der Waals surface area contributed by atoms with Crippen molar-refractivity contribution in [2.45, 2.75) is 38.8 Å². The molecule has 0 aliphatic carbocycles. The van der Waals surface area contributed by atoms with Crippen molar-refractivity contribution in [1.29, 1.82) is 0 Å². The molecule has 14 heavy (non-hydrogen) atoms. The minimum Gasteiger partial charge on any atom is -0.334 e. The molecular formula is C10H21N3O. The monoisotopic (exact) mass is 199 g/mol. The smallest absolute Gasteiger partial charge is 0.317 e. The molecule has 2 atom stereocenters. The molecule has 1 fully saturated rings. The Balaban J connectivity index is 2.27. The minimum atomic E-state index is 0.0360. The van der Waals surface area contributed by atoms with E-state index >= 15 is 0 Å². The molecule has 2 amide bonds. The topological polar surface area (TPSA) is 44.4 Å². The van der Waals surface area contributed by atoms with Crippen LogP contribution in [-0.4, -0.2) is 43.2 Å². The molecule has 0 aromatic carbocycles. The maximum atomic E-state index is 11.5. The van der Waals surface area contributed by atoms with Crippen molar-refractivity contribution in [2.24, 2.45) is 0 Å². The maximum Gasteiger partial charge on any atom is 0.317 e. The van der Waals surface area contributed by atoms with Crippen LogP contribution in [0.4, 0.5) is 4.79 Å². The van der Waals surface area contributed by atoms with E-state index in [9.17, 15) is 4.79 Å². The zero-order valence-corrected chi connectivity index (χ0v) is 9.34. The molecule has 4 heteroatoms. The van der Waals surface area contributed by atoms with Crippen molar-refractivity contribution in [1.82, 2.24) is 15.5 Å². The quantitative estimate of drug-likeness (QED) is 0.690. The van der Waals surface area contributed by atoms with E-state index in [0.29, 0.717) is 12.1 Å². The van der Waals surface area contributed by atoms with Crippen molar-refractivity contribution < 1.29 is 4.79 Å². The summed E-state index contributed by atoms with van der Waals surface area (Å²) in [4.78, 5) is 13.2. The highest BCUT2D eigenvalue weighted by Gasteiger charge is 2.19. The summed E-state index contributed by atoms with van der Waals surface area (Å²) in [6.07, 6.45) is 2.22. The Kier molecular flexibility index (Phi) is 4.20. The van der Waals surface area contributed by atoms with Gasteiger partial charge in [0.25, 0.3) is 0 Å². The molecule has 82 valence electrons. The highest BCUT2D eigenvalue weighted by molar-refractivity contribution is 5.74. The van der Waals surface area contributed by atoms with E-state index in [1.165, 1.54) is 0 Å². The van der Waals surface area contributed by atoms with Crippen molar-refractivity contribution in [3.63, 3.8) is 0 Å². The third kappa shape index (κ3) is 3.18. The van der Waals surface area contributed by atoms with Gasteiger partial charge in [-0.2, -0.15) is 0 Å². The van der Waals surface area contributed by atoms with Gasteiger partial charge >= 0.3 is 6.03 Å². The van der Waals surface area contributed by atoms with E-state index in [1.54, 1.807) is 4.90 Å². The van der Waals surface area contributed by atoms with E-state index in [2.05, 4.69) is 17.6 Å². The fourth-order valence-electron chi connectivity index (χ4n) is 1.55. The van der Waals surface area contributed by atoms with Crippen LogP contribution in [0.1, 0.15) is 26.7 Å². The SMILES string of the molecule is CCN(C)C(=O)NC1CCC(C)NC1. The number of piperidine rings is 1. The summed E-state index contributed by atoms with van der Waals surface area (Å²) in [5, 5.41) is 6.38. The van der Waals surface area contributed by atoms with Gasteiger partial charge < -0.3 is 15.5 Å². The molecule has 1 aliphatic rings. The lowest BCUT2D eigenvalue weighted by Crippen LogP contribution is -2.51.